The number of carbonyl (C=O) groups is 2. The van der Waals surface area contributed by atoms with Crippen LogP contribution in [0.5, 0.6) is 0 Å². The van der Waals surface area contributed by atoms with Crippen LogP contribution in [0, 0.1) is 0 Å². The predicted molar refractivity (Wildman–Crippen MR) is 92.5 cm³/mol. The van der Waals surface area contributed by atoms with E-state index in [9.17, 15) is 9.59 Å². The van der Waals surface area contributed by atoms with E-state index >= 15 is 0 Å². The molecule has 0 radical (unpaired) electrons. The van der Waals surface area contributed by atoms with Crippen molar-refractivity contribution < 1.29 is 14.3 Å². The Kier molecular flexibility index (Phi) is 7.21. The second kappa shape index (κ2) is 9.39. The van der Waals surface area contributed by atoms with Crippen LogP contribution in [0.1, 0.15) is 25.0 Å². The van der Waals surface area contributed by atoms with Gasteiger partial charge in [0.1, 0.15) is 0 Å². The molecule has 1 aliphatic rings. The van der Waals surface area contributed by atoms with Crippen molar-refractivity contribution in [2.75, 3.05) is 46.4 Å². The molecule has 1 atom stereocenters. The number of ether oxygens (including phenoxy) is 1. The van der Waals surface area contributed by atoms with Crippen LogP contribution in [-0.2, 0) is 14.3 Å². The van der Waals surface area contributed by atoms with Crippen molar-refractivity contribution in [3.05, 3.63) is 35.9 Å². The fourth-order valence-corrected chi connectivity index (χ4v) is 2.65. The van der Waals surface area contributed by atoms with Crippen molar-refractivity contribution in [3.63, 3.8) is 0 Å². The maximum atomic E-state index is 12.3. The highest BCUT2D eigenvalue weighted by molar-refractivity contribution is 5.85. The Morgan fingerprint density at radius 1 is 1.33 bits per heavy atom. The summed E-state index contributed by atoms with van der Waals surface area (Å²) in [6.07, 6.45) is 0.879. The van der Waals surface area contributed by atoms with Gasteiger partial charge in [0.05, 0.1) is 25.8 Å². The minimum atomic E-state index is -0.114. The van der Waals surface area contributed by atoms with Crippen molar-refractivity contribution >= 4 is 11.8 Å². The van der Waals surface area contributed by atoms with Crippen LogP contribution in [0.4, 0.5) is 0 Å². The summed E-state index contributed by atoms with van der Waals surface area (Å²) in [4.78, 5) is 27.6. The molecule has 24 heavy (non-hydrogen) atoms. The van der Waals surface area contributed by atoms with Gasteiger partial charge < -0.3 is 15.0 Å². The zero-order valence-electron chi connectivity index (χ0n) is 14.5. The quantitative estimate of drug-likeness (QED) is 0.810. The first-order chi connectivity index (χ1) is 11.6. The summed E-state index contributed by atoms with van der Waals surface area (Å²) in [5, 5.41) is 2.78. The van der Waals surface area contributed by atoms with E-state index < -0.39 is 0 Å². The van der Waals surface area contributed by atoms with Crippen molar-refractivity contribution in [2.45, 2.75) is 19.4 Å². The van der Waals surface area contributed by atoms with Gasteiger partial charge in [-0.2, -0.15) is 0 Å². The van der Waals surface area contributed by atoms with E-state index in [0.717, 1.165) is 18.5 Å². The highest BCUT2D eigenvalue weighted by Crippen LogP contribution is 2.21. The minimum absolute atomic E-state index is 0.00842. The molecule has 2 rings (SSSR count). The summed E-state index contributed by atoms with van der Waals surface area (Å²) in [5.41, 5.74) is 1.13. The summed E-state index contributed by atoms with van der Waals surface area (Å²) in [7, 11) is 1.67. The number of amides is 2. The summed E-state index contributed by atoms with van der Waals surface area (Å²) in [6, 6.07) is 10.0. The third-order valence-corrected chi connectivity index (χ3v) is 4.06. The van der Waals surface area contributed by atoms with E-state index in [1.54, 1.807) is 7.05 Å². The first-order valence-corrected chi connectivity index (χ1v) is 8.49. The lowest BCUT2D eigenvalue weighted by atomic mass is 10.1. The van der Waals surface area contributed by atoms with Gasteiger partial charge in [0.25, 0.3) is 0 Å². The number of benzene rings is 1. The summed E-state index contributed by atoms with van der Waals surface area (Å²) in [5.74, 6) is -0.160. The normalized spacial score (nSPS) is 18.2. The summed E-state index contributed by atoms with van der Waals surface area (Å²) < 4.78 is 5.81. The van der Waals surface area contributed by atoms with E-state index in [2.05, 4.69) is 10.2 Å². The number of hydrogen-bond acceptors (Lipinski definition) is 4. The Morgan fingerprint density at radius 3 is 2.79 bits per heavy atom. The number of morpholine rings is 1. The molecule has 6 heteroatoms. The molecule has 6 nitrogen and oxygen atoms in total. The Labute approximate surface area is 143 Å². The predicted octanol–water partition coefficient (Wildman–Crippen LogP) is 1.04. The molecule has 132 valence electrons. The van der Waals surface area contributed by atoms with Crippen LogP contribution < -0.4 is 5.32 Å². The number of rotatable bonds is 7. The van der Waals surface area contributed by atoms with Gasteiger partial charge >= 0.3 is 0 Å². The maximum Gasteiger partial charge on any atom is 0.239 e. The molecule has 1 aromatic carbocycles. The molecular formula is C18H27N3O3. The highest BCUT2D eigenvalue weighted by atomic mass is 16.5. The first kappa shape index (κ1) is 18.4. The highest BCUT2D eigenvalue weighted by Gasteiger charge is 2.24. The molecule has 1 saturated heterocycles. The van der Waals surface area contributed by atoms with Crippen molar-refractivity contribution in [3.8, 4) is 0 Å². The van der Waals surface area contributed by atoms with Crippen molar-refractivity contribution in [1.82, 2.24) is 15.1 Å². The Morgan fingerprint density at radius 2 is 2.08 bits per heavy atom. The average molecular weight is 333 g/mol. The smallest absolute Gasteiger partial charge is 0.239 e. The van der Waals surface area contributed by atoms with Gasteiger partial charge in [0, 0.05) is 26.7 Å². The number of carbonyl (C=O) groups excluding carboxylic acids is 2. The minimum Gasteiger partial charge on any atom is -0.371 e. The molecule has 1 unspecified atom stereocenters. The third kappa shape index (κ3) is 5.62. The van der Waals surface area contributed by atoms with E-state index in [4.69, 9.17) is 4.74 Å². The largest absolute Gasteiger partial charge is 0.371 e. The molecule has 0 spiro atoms. The van der Waals surface area contributed by atoms with Gasteiger partial charge in [0.15, 0.2) is 0 Å². The second-order valence-corrected chi connectivity index (χ2v) is 6.10. The molecule has 1 aliphatic heterocycles. The second-order valence-electron chi connectivity index (χ2n) is 6.10. The Hall–Kier alpha value is -1.92. The molecule has 2 amide bonds. The molecule has 1 fully saturated rings. The molecule has 0 aromatic heterocycles. The molecule has 1 heterocycles. The SMILES string of the molecule is CCCNC(=O)CN(C)C(=O)CN1CCOC(c2ccccc2)C1. The zero-order chi connectivity index (χ0) is 17.4. The molecule has 0 aliphatic carbocycles. The standard InChI is InChI=1S/C18H27N3O3/c1-3-9-19-17(22)13-20(2)18(23)14-21-10-11-24-16(12-21)15-7-5-4-6-8-15/h4-8,16H,3,9-14H2,1-2H3,(H,19,22). The van der Waals surface area contributed by atoms with Gasteiger partial charge in [-0.1, -0.05) is 37.3 Å². The van der Waals surface area contributed by atoms with E-state index in [-0.39, 0.29) is 24.5 Å². The van der Waals surface area contributed by atoms with Gasteiger partial charge in [-0.05, 0) is 12.0 Å². The fraction of sp³-hybridized carbons (Fsp3) is 0.556. The number of likely N-dealkylation sites (N-methyl/N-ethyl adjacent to an activating group) is 1. The van der Waals surface area contributed by atoms with Gasteiger partial charge in [-0.15, -0.1) is 0 Å². The lowest BCUT2D eigenvalue weighted by molar-refractivity contribution is -0.137. The van der Waals surface area contributed by atoms with E-state index in [1.165, 1.54) is 4.90 Å². The van der Waals surface area contributed by atoms with Gasteiger partial charge in [0.2, 0.25) is 11.8 Å². The molecule has 0 bridgehead atoms. The van der Waals surface area contributed by atoms with Crippen molar-refractivity contribution in [1.29, 1.82) is 0 Å². The monoisotopic (exact) mass is 333 g/mol. The third-order valence-electron chi connectivity index (χ3n) is 4.06. The van der Waals surface area contributed by atoms with E-state index in [0.29, 0.717) is 26.2 Å². The lowest BCUT2D eigenvalue weighted by Crippen LogP contribution is -2.46. The van der Waals surface area contributed by atoms with Crippen LogP contribution in [0.2, 0.25) is 0 Å². The summed E-state index contributed by atoms with van der Waals surface area (Å²) >= 11 is 0. The Bertz CT molecular complexity index is 536. The number of nitrogens with zero attached hydrogens (tertiary/aromatic N) is 2. The van der Waals surface area contributed by atoms with Crippen LogP contribution in [-0.4, -0.2) is 68.0 Å². The molecule has 1 aromatic rings. The lowest BCUT2D eigenvalue weighted by Gasteiger charge is -2.33. The Balaban J connectivity index is 1.81. The summed E-state index contributed by atoms with van der Waals surface area (Å²) in [6.45, 7) is 5.07. The molecular weight excluding hydrogens is 306 g/mol. The van der Waals surface area contributed by atoms with Crippen molar-refractivity contribution in [2.24, 2.45) is 0 Å². The van der Waals surface area contributed by atoms with E-state index in [1.807, 2.05) is 37.3 Å². The van der Waals surface area contributed by atoms with Crippen LogP contribution >= 0.6 is 0 Å². The first-order valence-electron chi connectivity index (χ1n) is 8.49. The maximum absolute atomic E-state index is 12.3. The van der Waals surface area contributed by atoms with Gasteiger partial charge in [-0.25, -0.2) is 0 Å². The molecule has 1 N–H and O–H groups in total. The number of nitrogens with one attached hydrogen (secondary N) is 1. The fourth-order valence-electron chi connectivity index (χ4n) is 2.65. The average Bonchev–Trinajstić information content (AvgIpc) is 2.61. The zero-order valence-corrected chi connectivity index (χ0v) is 14.5. The number of hydrogen-bond donors (Lipinski definition) is 1. The van der Waals surface area contributed by atoms with Crippen LogP contribution in [0.15, 0.2) is 30.3 Å². The van der Waals surface area contributed by atoms with Crippen LogP contribution in [0.25, 0.3) is 0 Å². The van der Waals surface area contributed by atoms with Gasteiger partial charge in [-0.3, -0.25) is 14.5 Å². The topological polar surface area (TPSA) is 61.9 Å². The molecule has 0 saturated carbocycles. The van der Waals surface area contributed by atoms with Crippen LogP contribution in [0.3, 0.4) is 0 Å².